The topological polar surface area (TPSA) is 97.9 Å². The number of nitrogens with one attached hydrogen (secondary N) is 1. The summed E-state index contributed by atoms with van der Waals surface area (Å²) in [5.41, 5.74) is 4.14. The van der Waals surface area contributed by atoms with Crippen molar-refractivity contribution in [1.29, 1.82) is 0 Å². The quantitative estimate of drug-likeness (QED) is 0.591. The van der Waals surface area contributed by atoms with Crippen LogP contribution >= 0.6 is 0 Å². The number of carbonyl (C=O) groups excluding carboxylic acids is 1. The van der Waals surface area contributed by atoms with E-state index >= 15 is 0 Å². The molecule has 1 heterocycles. The van der Waals surface area contributed by atoms with E-state index in [4.69, 9.17) is 5.73 Å². The van der Waals surface area contributed by atoms with Crippen LogP contribution in [0, 0.1) is 0 Å². The van der Waals surface area contributed by atoms with Gasteiger partial charge in [0.05, 0.1) is 6.54 Å². The number of hydrogen-bond donors (Lipinski definition) is 2. The number of primary amides is 1. The fourth-order valence-electron chi connectivity index (χ4n) is 0.850. The van der Waals surface area contributed by atoms with Gasteiger partial charge < -0.3 is 5.73 Å². The maximum atomic E-state index is 11.0. The molecule has 3 N–H and O–H groups in total. The summed E-state index contributed by atoms with van der Waals surface area (Å²) in [5.74, 6) is -0.517. The van der Waals surface area contributed by atoms with Gasteiger partial charge in [-0.05, 0) is 0 Å². The molecule has 1 aromatic rings. The Morgan fingerprint density at radius 3 is 2.77 bits per heavy atom. The number of carbonyl (C=O) groups is 1. The molecule has 0 spiro atoms. The molecule has 1 aromatic heterocycles. The SMILES string of the molecule is NC(=O)CCn1[nH]c(=O)ccc1=O. The van der Waals surface area contributed by atoms with Gasteiger partial charge in [0.15, 0.2) is 0 Å². The average molecular weight is 183 g/mol. The Labute approximate surface area is 73.0 Å². The fraction of sp³-hybridized carbons (Fsp3) is 0.286. The van der Waals surface area contributed by atoms with Gasteiger partial charge in [-0.2, -0.15) is 0 Å². The zero-order valence-electron chi connectivity index (χ0n) is 6.82. The summed E-state index contributed by atoms with van der Waals surface area (Å²) in [6.07, 6.45) is 0.0276. The number of aryl methyl sites for hydroxylation is 1. The molecule has 0 radical (unpaired) electrons. The molecule has 6 heteroatoms. The highest BCUT2D eigenvalue weighted by Gasteiger charge is 1.98. The lowest BCUT2D eigenvalue weighted by Crippen LogP contribution is -2.29. The van der Waals surface area contributed by atoms with Crippen LogP contribution in [-0.2, 0) is 11.3 Å². The first-order valence-corrected chi connectivity index (χ1v) is 3.68. The Bertz CT molecular complexity index is 417. The maximum absolute atomic E-state index is 11.0. The van der Waals surface area contributed by atoms with E-state index in [-0.39, 0.29) is 24.1 Å². The molecule has 1 amide bonds. The Balaban J connectivity index is 2.88. The maximum Gasteiger partial charge on any atom is 0.265 e. The standard InChI is InChI=1S/C7H9N3O3/c8-5(11)3-4-10-7(13)2-1-6(12)9-10/h1-2H,3-4H2,(H2,8,11)(H,9,12). The highest BCUT2D eigenvalue weighted by Crippen LogP contribution is 1.79. The van der Waals surface area contributed by atoms with Crippen molar-refractivity contribution in [3.63, 3.8) is 0 Å². The lowest BCUT2D eigenvalue weighted by molar-refractivity contribution is -0.118. The minimum atomic E-state index is -0.517. The van der Waals surface area contributed by atoms with Crippen molar-refractivity contribution < 1.29 is 4.79 Å². The van der Waals surface area contributed by atoms with Crippen molar-refractivity contribution in [2.45, 2.75) is 13.0 Å². The first-order valence-electron chi connectivity index (χ1n) is 3.68. The Morgan fingerprint density at radius 1 is 1.46 bits per heavy atom. The van der Waals surface area contributed by atoms with E-state index in [1.807, 2.05) is 0 Å². The molecule has 0 atom stereocenters. The van der Waals surface area contributed by atoms with Gasteiger partial charge in [0.1, 0.15) is 0 Å². The summed E-state index contributed by atoms with van der Waals surface area (Å²) < 4.78 is 1.05. The molecule has 0 aliphatic rings. The summed E-state index contributed by atoms with van der Waals surface area (Å²) in [4.78, 5) is 32.2. The molecule has 0 saturated heterocycles. The normalized spacial score (nSPS) is 9.85. The second-order valence-corrected chi connectivity index (χ2v) is 2.52. The van der Waals surface area contributed by atoms with Crippen LogP contribution < -0.4 is 16.9 Å². The van der Waals surface area contributed by atoms with Gasteiger partial charge in [-0.25, -0.2) is 4.68 Å². The molecule has 6 nitrogen and oxygen atoms in total. The first-order chi connectivity index (χ1) is 6.09. The Kier molecular flexibility index (Phi) is 2.63. The Morgan fingerprint density at radius 2 is 2.15 bits per heavy atom. The number of hydrogen-bond acceptors (Lipinski definition) is 3. The van der Waals surface area contributed by atoms with Crippen LogP contribution in [-0.4, -0.2) is 15.7 Å². The molecule has 0 saturated carbocycles. The van der Waals surface area contributed by atoms with Crippen LogP contribution in [0.2, 0.25) is 0 Å². The van der Waals surface area contributed by atoms with Crippen molar-refractivity contribution in [3.05, 3.63) is 32.8 Å². The third kappa shape index (κ3) is 2.58. The van der Waals surface area contributed by atoms with Gasteiger partial charge >= 0.3 is 0 Å². The zero-order chi connectivity index (χ0) is 9.84. The number of aromatic amines is 1. The second kappa shape index (κ2) is 3.70. The summed E-state index contributed by atoms with van der Waals surface area (Å²) in [7, 11) is 0. The third-order valence-corrected chi connectivity index (χ3v) is 1.47. The number of aromatic nitrogens is 2. The number of rotatable bonds is 3. The van der Waals surface area contributed by atoms with E-state index in [0.717, 1.165) is 16.8 Å². The van der Waals surface area contributed by atoms with E-state index < -0.39 is 5.91 Å². The molecular formula is C7H9N3O3. The summed E-state index contributed by atoms with van der Waals surface area (Å²) >= 11 is 0. The molecule has 0 aliphatic carbocycles. The Hall–Kier alpha value is -1.85. The minimum absolute atomic E-state index is 0.0276. The molecular weight excluding hydrogens is 174 g/mol. The molecule has 0 aliphatic heterocycles. The summed E-state index contributed by atoms with van der Waals surface area (Å²) in [6, 6.07) is 2.27. The number of amides is 1. The molecule has 13 heavy (non-hydrogen) atoms. The van der Waals surface area contributed by atoms with Crippen LogP contribution in [0.4, 0.5) is 0 Å². The van der Waals surface area contributed by atoms with Crippen LogP contribution in [0.3, 0.4) is 0 Å². The van der Waals surface area contributed by atoms with E-state index in [2.05, 4.69) is 5.10 Å². The third-order valence-electron chi connectivity index (χ3n) is 1.47. The van der Waals surface area contributed by atoms with Crippen molar-refractivity contribution >= 4 is 5.91 Å². The second-order valence-electron chi connectivity index (χ2n) is 2.52. The van der Waals surface area contributed by atoms with Crippen LogP contribution in [0.5, 0.6) is 0 Å². The van der Waals surface area contributed by atoms with Gasteiger partial charge in [-0.3, -0.25) is 19.5 Å². The van der Waals surface area contributed by atoms with Crippen molar-refractivity contribution in [2.24, 2.45) is 5.73 Å². The van der Waals surface area contributed by atoms with E-state index in [1.165, 1.54) is 0 Å². The number of nitrogens with two attached hydrogens (primary N) is 1. The predicted octanol–water partition coefficient (Wildman–Crippen LogP) is -1.59. The molecule has 0 aromatic carbocycles. The van der Waals surface area contributed by atoms with Gasteiger partial charge in [0.2, 0.25) is 5.91 Å². The lowest BCUT2D eigenvalue weighted by atomic mass is 10.4. The molecule has 0 bridgehead atoms. The van der Waals surface area contributed by atoms with Gasteiger partial charge in [-0.15, -0.1) is 0 Å². The van der Waals surface area contributed by atoms with Crippen molar-refractivity contribution in [1.82, 2.24) is 9.78 Å². The van der Waals surface area contributed by atoms with Crippen LogP contribution in [0.1, 0.15) is 6.42 Å². The smallest absolute Gasteiger partial charge is 0.265 e. The van der Waals surface area contributed by atoms with Gasteiger partial charge in [-0.1, -0.05) is 0 Å². The van der Waals surface area contributed by atoms with E-state index in [1.54, 1.807) is 0 Å². The largest absolute Gasteiger partial charge is 0.370 e. The number of nitrogens with zero attached hydrogens (tertiary/aromatic N) is 1. The van der Waals surface area contributed by atoms with Crippen LogP contribution in [0.15, 0.2) is 21.7 Å². The molecule has 1 rings (SSSR count). The van der Waals surface area contributed by atoms with E-state index in [9.17, 15) is 14.4 Å². The molecule has 0 unspecified atom stereocenters. The van der Waals surface area contributed by atoms with Gasteiger partial charge in [0.25, 0.3) is 11.1 Å². The monoisotopic (exact) mass is 183 g/mol. The first kappa shape index (κ1) is 9.24. The van der Waals surface area contributed by atoms with Crippen LogP contribution in [0.25, 0.3) is 0 Å². The summed E-state index contributed by atoms with van der Waals surface area (Å²) in [6.45, 7) is 0.101. The lowest BCUT2D eigenvalue weighted by Gasteiger charge is -2.01. The van der Waals surface area contributed by atoms with E-state index in [0.29, 0.717) is 0 Å². The predicted molar refractivity (Wildman–Crippen MR) is 45.1 cm³/mol. The average Bonchev–Trinajstić information content (AvgIpc) is 2.06. The highest BCUT2D eigenvalue weighted by molar-refractivity contribution is 5.73. The zero-order valence-corrected chi connectivity index (χ0v) is 6.82. The van der Waals surface area contributed by atoms with Crippen molar-refractivity contribution in [2.75, 3.05) is 0 Å². The fourth-order valence-corrected chi connectivity index (χ4v) is 0.850. The highest BCUT2D eigenvalue weighted by atomic mass is 16.2. The molecule has 70 valence electrons. The number of H-pyrrole nitrogens is 1. The minimum Gasteiger partial charge on any atom is -0.370 e. The van der Waals surface area contributed by atoms with Crippen molar-refractivity contribution in [3.8, 4) is 0 Å². The molecule has 0 fully saturated rings. The summed E-state index contributed by atoms with van der Waals surface area (Å²) in [5, 5.41) is 2.27. The van der Waals surface area contributed by atoms with Gasteiger partial charge in [0, 0.05) is 18.6 Å².